The summed E-state index contributed by atoms with van der Waals surface area (Å²) in [6.07, 6.45) is 5.62. The fourth-order valence-electron chi connectivity index (χ4n) is 1.26. The highest BCUT2D eigenvalue weighted by molar-refractivity contribution is 5.77. The quantitative estimate of drug-likeness (QED) is 0.723. The molecule has 1 heterocycles. The molecule has 0 atom stereocenters. The Bertz CT molecular complexity index is 428. The van der Waals surface area contributed by atoms with Crippen LogP contribution < -0.4 is 5.73 Å². The third kappa shape index (κ3) is 1.60. The fourth-order valence-corrected chi connectivity index (χ4v) is 1.26. The second kappa shape index (κ2) is 3.41. The average molecular weight is 173 g/mol. The molecule has 3 heteroatoms. The van der Waals surface area contributed by atoms with Crippen LogP contribution in [0, 0.1) is 0 Å². The molecular weight excluding hydrogens is 162 g/mol. The minimum absolute atomic E-state index is 0.570. The van der Waals surface area contributed by atoms with Gasteiger partial charge in [0.25, 0.3) is 0 Å². The maximum atomic E-state index is 5.36. The number of imidazole rings is 1. The van der Waals surface area contributed by atoms with Crippen molar-refractivity contribution in [3.63, 3.8) is 0 Å². The van der Waals surface area contributed by atoms with Crippen molar-refractivity contribution in [2.45, 2.75) is 0 Å². The Labute approximate surface area is 76.3 Å². The van der Waals surface area contributed by atoms with Gasteiger partial charge in [0.2, 0.25) is 0 Å². The van der Waals surface area contributed by atoms with Gasteiger partial charge in [0.05, 0.1) is 17.4 Å². The minimum Gasteiger partial charge on any atom is -0.345 e. The van der Waals surface area contributed by atoms with Gasteiger partial charge in [-0.25, -0.2) is 4.98 Å². The maximum Gasteiger partial charge on any atom is 0.0931 e. The lowest BCUT2D eigenvalue weighted by Crippen LogP contribution is -1.91. The zero-order chi connectivity index (χ0) is 9.10. The van der Waals surface area contributed by atoms with Gasteiger partial charge in [-0.15, -0.1) is 0 Å². The van der Waals surface area contributed by atoms with Crippen LogP contribution in [-0.4, -0.2) is 16.5 Å². The van der Waals surface area contributed by atoms with Gasteiger partial charge < -0.3 is 10.7 Å². The summed E-state index contributed by atoms with van der Waals surface area (Å²) in [5.41, 5.74) is 8.55. The van der Waals surface area contributed by atoms with E-state index in [4.69, 9.17) is 5.73 Å². The standard InChI is InChI=1S/C10H11N3/c11-5-1-2-8-3-4-9-10(6-8)13-7-12-9/h1-4,6-7H,5,11H2,(H,12,13). The molecule has 13 heavy (non-hydrogen) atoms. The van der Waals surface area contributed by atoms with Crippen molar-refractivity contribution < 1.29 is 0 Å². The highest BCUT2D eigenvalue weighted by Crippen LogP contribution is 2.12. The van der Waals surface area contributed by atoms with E-state index in [0.717, 1.165) is 16.6 Å². The number of aromatic amines is 1. The monoisotopic (exact) mass is 173 g/mol. The summed E-state index contributed by atoms with van der Waals surface area (Å²) in [6, 6.07) is 6.06. The smallest absolute Gasteiger partial charge is 0.0931 e. The molecule has 0 aliphatic heterocycles. The van der Waals surface area contributed by atoms with Crippen LogP contribution in [0.25, 0.3) is 17.1 Å². The number of hydrogen-bond donors (Lipinski definition) is 2. The second-order valence-corrected chi connectivity index (χ2v) is 2.82. The first kappa shape index (κ1) is 8.01. The number of fused-ring (bicyclic) bond motifs is 1. The van der Waals surface area contributed by atoms with Crippen molar-refractivity contribution in [3.05, 3.63) is 36.2 Å². The molecule has 0 unspecified atom stereocenters. The number of nitrogens with one attached hydrogen (secondary N) is 1. The van der Waals surface area contributed by atoms with Crippen molar-refractivity contribution in [3.8, 4) is 0 Å². The summed E-state index contributed by atoms with van der Waals surface area (Å²) in [6.45, 7) is 0.570. The molecule has 3 nitrogen and oxygen atoms in total. The minimum atomic E-state index is 0.570. The zero-order valence-corrected chi connectivity index (χ0v) is 7.20. The molecule has 0 spiro atoms. The third-order valence-electron chi connectivity index (χ3n) is 1.89. The van der Waals surface area contributed by atoms with Crippen molar-refractivity contribution in [1.29, 1.82) is 0 Å². The number of hydrogen-bond acceptors (Lipinski definition) is 2. The van der Waals surface area contributed by atoms with E-state index in [9.17, 15) is 0 Å². The van der Waals surface area contributed by atoms with Crippen molar-refractivity contribution in [2.24, 2.45) is 5.73 Å². The number of benzene rings is 1. The molecule has 0 fully saturated rings. The first-order chi connectivity index (χ1) is 6.40. The number of nitrogens with zero attached hydrogens (tertiary/aromatic N) is 1. The summed E-state index contributed by atoms with van der Waals surface area (Å²) in [5, 5.41) is 0. The molecule has 2 aromatic rings. The van der Waals surface area contributed by atoms with Gasteiger partial charge in [-0.2, -0.15) is 0 Å². The van der Waals surface area contributed by atoms with Crippen LogP contribution in [0.2, 0.25) is 0 Å². The molecular formula is C10H11N3. The molecule has 3 N–H and O–H groups in total. The molecule has 0 aliphatic carbocycles. The zero-order valence-electron chi connectivity index (χ0n) is 7.20. The highest BCUT2D eigenvalue weighted by Gasteiger charge is 1.94. The first-order valence-corrected chi connectivity index (χ1v) is 4.20. The van der Waals surface area contributed by atoms with Crippen LogP contribution in [0.5, 0.6) is 0 Å². The van der Waals surface area contributed by atoms with E-state index in [2.05, 4.69) is 16.0 Å². The van der Waals surface area contributed by atoms with E-state index in [1.54, 1.807) is 6.33 Å². The number of aromatic nitrogens is 2. The summed E-state index contributed by atoms with van der Waals surface area (Å²) in [4.78, 5) is 7.20. The Kier molecular flexibility index (Phi) is 2.10. The van der Waals surface area contributed by atoms with Crippen LogP contribution in [0.1, 0.15) is 5.56 Å². The van der Waals surface area contributed by atoms with E-state index in [1.807, 2.05) is 24.3 Å². The van der Waals surface area contributed by atoms with E-state index in [0.29, 0.717) is 6.54 Å². The average Bonchev–Trinajstić information content (AvgIpc) is 2.61. The van der Waals surface area contributed by atoms with Gasteiger partial charge in [0.15, 0.2) is 0 Å². The Morgan fingerprint density at radius 2 is 2.38 bits per heavy atom. The van der Waals surface area contributed by atoms with Gasteiger partial charge in [0, 0.05) is 6.54 Å². The molecule has 2 rings (SSSR count). The van der Waals surface area contributed by atoms with Crippen LogP contribution in [0.15, 0.2) is 30.6 Å². The van der Waals surface area contributed by atoms with Gasteiger partial charge in [-0.1, -0.05) is 18.2 Å². The van der Waals surface area contributed by atoms with Gasteiger partial charge in [-0.05, 0) is 17.7 Å². The summed E-state index contributed by atoms with van der Waals surface area (Å²) < 4.78 is 0. The third-order valence-corrected chi connectivity index (χ3v) is 1.89. The van der Waals surface area contributed by atoms with E-state index >= 15 is 0 Å². The molecule has 0 amide bonds. The molecule has 0 bridgehead atoms. The molecule has 0 saturated carbocycles. The number of nitrogens with two attached hydrogens (primary N) is 1. The largest absolute Gasteiger partial charge is 0.345 e. The lowest BCUT2D eigenvalue weighted by Gasteiger charge is -1.92. The lowest BCUT2D eigenvalue weighted by atomic mass is 10.2. The normalized spacial score (nSPS) is 11.5. The Balaban J connectivity index is 2.42. The van der Waals surface area contributed by atoms with Crippen molar-refractivity contribution in [2.75, 3.05) is 6.54 Å². The summed E-state index contributed by atoms with van der Waals surface area (Å²) >= 11 is 0. The number of H-pyrrole nitrogens is 1. The summed E-state index contributed by atoms with van der Waals surface area (Å²) in [5.74, 6) is 0. The Morgan fingerprint density at radius 3 is 3.23 bits per heavy atom. The Hall–Kier alpha value is -1.61. The van der Waals surface area contributed by atoms with Gasteiger partial charge in [0.1, 0.15) is 0 Å². The van der Waals surface area contributed by atoms with Crippen LogP contribution in [0.4, 0.5) is 0 Å². The topological polar surface area (TPSA) is 54.7 Å². The molecule has 66 valence electrons. The van der Waals surface area contributed by atoms with E-state index in [1.165, 1.54) is 0 Å². The molecule has 0 saturated heterocycles. The van der Waals surface area contributed by atoms with Crippen LogP contribution in [0.3, 0.4) is 0 Å². The van der Waals surface area contributed by atoms with Gasteiger partial charge in [-0.3, -0.25) is 0 Å². The van der Waals surface area contributed by atoms with Gasteiger partial charge >= 0.3 is 0 Å². The first-order valence-electron chi connectivity index (χ1n) is 4.20. The van der Waals surface area contributed by atoms with Crippen molar-refractivity contribution in [1.82, 2.24) is 9.97 Å². The predicted molar refractivity (Wildman–Crippen MR) is 54.2 cm³/mol. The Morgan fingerprint density at radius 1 is 1.46 bits per heavy atom. The molecule has 0 aliphatic rings. The number of rotatable bonds is 2. The predicted octanol–water partition coefficient (Wildman–Crippen LogP) is 1.53. The van der Waals surface area contributed by atoms with E-state index in [-0.39, 0.29) is 0 Å². The van der Waals surface area contributed by atoms with Crippen LogP contribution >= 0.6 is 0 Å². The summed E-state index contributed by atoms with van der Waals surface area (Å²) in [7, 11) is 0. The lowest BCUT2D eigenvalue weighted by molar-refractivity contribution is 1.26. The fraction of sp³-hybridized carbons (Fsp3) is 0.100. The molecule has 1 aromatic carbocycles. The van der Waals surface area contributed by atoms with Crippen LogP contribution in [-0.2, 0) is 0 Å². The second-order valence-electron chi connectivity index (χ2n) is 2.82. The maximum absolute atomic E-state index is 5.36. The molecule has 1 aromatic heterocycles. The van der Waals surface area contributed by atoms with E-state index < -0.39 is 0 Å². The molecule has 0 radical (unpaired) electrons. The highest BCUT2D eigenvalue weighted by atomic mass is 14.9. The van der Waals surface area contributed by atoms with Crippen molar-refractivity contribution >= 4 is 17.1 Å². The SMILES string of the molecule is NCC=Cc1ccc2nc[nH]c2c1.